The largest absolute Gasteiger partial charge is 0.311 e. The highest BCUT2D eigenvalue weighted by molar-refractivity contribution is 5.08. The molecule has 1 aliphatic heterocycles. The predicted octanol–water partition coefficient (Wildman–Crippen LogP) is 3.20. The lowest BCUT2D eigenvalue weighted by Gasteiger charge is -2.43. The highest BCUT2D eigenvalue weighted by Crippen LogP contribution is 2.35. The third-order valence-electron chi connectivity index (χ3n) is 5.31. The van der Waals surface area contributed by atoms with Crippen LogP contribution >= 0.6 is 0 Å². The van der Waals surface area contributed by atoms with Gasteiger partial charge in [-0.2, -0.15) is 0 Å². The summed E-state index contributed by atoms with van der Waals surface area (Å²) in [6.45, 7) is 8.55. The van der Waals surface area contributed by atoms with Gasteiger partial charge >= 0.3 is 0 Å². The minimum Gasteiger partial charge on any atom is -0.311 e. The first kappa shape index (κ1) is 13.6. The molecule has 1 heterocycles. The van der Waals surface area contributed by atoms with Gasteiger partial charge < -0.3 is 5.32 Å². The van der Waals surface area contributed by atoms with Crippen LogP contribution in [0.25, 0.3) is 0 Å². The van der Waals surface area contributed by atoms with Crippen LogP contribution in [0.1, 0.15) is 52.4 Å². The summed E-state index contributed by atoms with van der Waals surface area (Å²) in [7, 11) is 0. The molecule has 3 aliphatic rings. The van der Waals surface area contributed by atoms with E-state index >= 15 is 0 Å². The molecule has 2 atom stereocenters. The first-order valence-electron chi connectivity index (χ1n) is 8.39. The summed E-state index contributed by atoms with van der Waals surface area (Å²) in [5.41, 5.74) is 1.73. The van der Waals surface area contributed by atoms with Crippen molar-refractivity contribution < 1.29 is 0 Å². The average Bonchev–Trinajstić information content (AvgIpc) is 3.13. The first-order chi connectivity index (χ1) is 9.24. The maximum atomic E-state index is 3.81. The molecule has 0 spiro atoms. The maximum Gasteiger partial charge on any atom is 0.0244 e. The van der Waals surface area contributed by atoms with Gasteiger partial charge in [0.15, 0.2) is 0 Å². The molecule has 2 nitrogen and oxygen atoms in total. The Bertz CT molecular complexity index is 330. The van der Waals surface area contributed by atoms with Crippen LogP contribution in [0.4, 0.5) is 0 Å². The van der Waals surface area contributed by atoms with Crippen molar-refractivity contribution in [3.05, 3.63) is 11.6 Å². The second-order valence-corrected chi connectivity index (χ2v) is 7.16. The van der Waals surface area contributed by atoms with Gasteiger partial charge in [0.25, 0.3) is 0 Å². The number of rotatable bonds is 5. The standard InChI is InChI=1S/C17H30N2/c1-13(2)17-11-18-16(15-7-8-15)12-19(17)10-9-14-5-3-4-6-14/h5,13,15-18H,3-4,6-12H2,1-2H3. The molecule has 0 aromatic rings. The number of nitrogens with one attached hydrogen (secondary N) is 1. The average molecular weight is 262 g/mol. The van der Waals surface area contributed by atoms with Crippen molar-refractivity contribution >= 4 is 0 Å². The molecular weight excluding hydrogens is 232 g/mol. The smallest absolute Gasteiger partial charge is 0.0244 e. The second kappa shape index (κ2) is 5.97. The van der Waals surface area contributed by atoms with E-state index in [9.17, 15) is 0 Å². The number of allylic oxidation sites excluding steroid dienone is 1. The van der Waals surface area contributed by atoms with Crippen LogP contribution in [0, 0.1) is 11.8 Å². The van der Waals surface area contributed by atoms with Gasteiger partial charge in [0, 0.05) is 31.7 Å². The lowest BCUT2D eigenvalue weighted by molar-refractivity contribution is 0.0934. The Morgan fingerprint density at radius 2 is 2.21 bits per heavy atom. The molecule has 3 rings (SSSR count). The summed E-state index contributed by atoms with van der Waals surface area (Å²) >= 11 is 0. The number of piperazine rings is 1. The van der Waals surface area contributed by atoms with Crippen molar-refractivity contribution in [3.63, 3.8) is 0 Å². The van der Waals surface area contributed by atoms with Crippen LogP contribution in [-0.2, 0) is 0 Å². The fourth-order valence-corrected chi connectivity index (χ4v) is 3.83. The van der Waals surface area contributed by atoms with Gasteiger partial charge in [0.1, 0.15) is 0 Å². The summed E-state index contributed by atoms with van der Waals surface area (Å²) in [4.78, 5) is 2.79. The number of hydrogen-bond donors (Lipinski definition) is 1. The van der Waals surface area contributed by atoms with Crippen molar-refractivity contribution in [3.8, 4) is 0 Å². The Kier molecular flexibility index (Phi) is 4.28. The van der Waals surface area contributed by atoms with Crippen LogP contribution < -0.4 is 5.32 Å². The Balaban J connectivity index is 1.56. The molecule has 1 N–H and O–H groups in total. The number of nitrogens with zero attached hydrogens (tertiary/aromatic N) is 1. The van der Waals surface area contributed by atoms with Gasteiger partial charge in [0.2, 0.25) is 0 Å². The van der Waals surface area contributed by atoms with E-state index < -0.39 is 0 Å². The lowest BCUT2D eigenvalue weighted by atomic mass is 9.96. The third kappa shape index (κ3) is 3.41. The van der Waals surface area contributed by atoms with Gasteiger partial charge in [-0.3, -0.25) is 4.90 Å². The van der Waals surface area contributed by atoms with Gasteiger partial charge in [-0.15, -0.1) is 0 Å². The van der Waals surface area contributed by atoms with E-state index in [1.807, 2.05) is 0 Å². The summed E-state index contributed by atoms with van der Waals surface area (Å²) in [6, 6.07) is 1.53. The molecule has 0 amide bonds. The molecule has 2 heteroatoms. The number of hydrogen-bond acceptors (Lipinski definition) is 2. The Morgan fingerprint density at radius 1 is 1.37 bits per heavy atom. The lowest BCUT2D eigenvalue weighted by Crippen LogP contribution is -2.59. The minimum atomic E-state index is 0.747. The Labute approximate surface area is 118 Å². The maximum absolute atomic E-state index is 3.81. The van der Waals surface area contributed by atoms with Crippen molar-refractivity contribution in [1.82, 2.24) is 10.2 Å². The van der Waals surface area contributed by atoms with E-state index in [2.05, 4.69) is 30.1 Å². The van der Waals surface area contributed by atoms with Gasteiger partial charge in [-0.05, 0) is 50.4 Å². The molecule has 19 heavy (non-hydrogen) atoms. The SMILES string of the molecule is CC(C)C1CNC(C2CC2)CN1CCC1=CCCC1. The topological polar surface area (TPSA) is 15.3 Å². The molecule has 2 unspecified atom stereocenters. The van der Waals surface area contributed by atoms with E-state index in [0.29, 0.717) is 0 Å². The molecule has 1 saturated carbocycles. The van der Waals surface area contributed by atoms with Gasteiger partial charge in [0.05, 0.1) is 0 Å². The fourth-order valence-electron chi connectivity index (χ4n) is 3.83. The van der Waals surface area contributed by atoms with Crippen molar-refractivity contribution in [1.29, 1.82) is 0 Å². The summed E-state index contributed by atoms with van der Waals surface area (Å²) in [6.07, 6.45) is 10.8. The van der Waals surface area contributed by atoms with Crippen LogP contribution in [0.15, 0.2) is 11.6 Å². The van der Waals surface area contributed by atoms with E-state index in [-0.39, 0.29) is 0 Å². The Hall–Kier alpha value is -0.340. The molecule has 0 aromatic carbocycles. The zero-order chi connectivity index (χ0) is 13.2. The monoisotopic (exact) mass is 262 g/mol. The first-order valence-corrected chi connectivity index (χ1v) is 8.39. The fraction of sp³-hybridized carbons (Fsp3) is 0.882. The van der Waals surface area contributed by atoms with Crippen molar-refractivity contribution in [2.45, 2.75) is 64.5 Å². The minimum absolute atomic E-state index is 0.747. The van der Waals surface area contributed by atoms with E-state index in [4.69, 9.17) is 0 Å². The molecule has 2 fully saturated rings. The normalized spacial score (nSPS) is 32.9. The quantitative estimate of drug-likeness (QED) is 0.766. The van der Waals surface area contributed by atoms with E-state index in [1.54, 1.807) is 5.57 Å². The Morgan fingerprint density at radius 3 is 2.84 bits per heavy atom. The van der Waals surface area contributed by atoms with Crippen LogP contribution in [0.2, 0.25) is 0 Å². The second-order valence-electron chi connectivity index (χ2n) is 7.16. The van der Waals surface area contributed by atoms with Crippen LogP contribution in [-0.4, -0.2) is 36.6 Å². The van der Waals surface area contributed by atoms with Crippen LogP contribution in [0.5, 0.6) is 0 Å². The van der Waals surface area contributed by atoms with E-state index in [0.717, 1.165) is 23.9 Å². The molecule has 0 bridgehead atoms. The van der Waals surface area contributed by atoms with E-state index in [1.165, 1.54) is 58.2 Å². The predicted molar refractivity (Wildman–Crippen MR) is 81.3 cm³/mol. The summed E-state index contributed by atoms with van der Waals surface area (Å²) in [5.74, 6) is 1.76. The highest BCUT2D eigenvalue weighted by atomic mass is 15.2. The van der Waals surface area contributed by atoms with Gasteiger partial charge in [-0.1, -0.05) is 25.5 Å². The highest BCUT2D eigenvalue weighted by Gasteiger charge is 2.37. The summed E-state index contributed by atoms with van der Waals surface area (Å²) < 4.78 is 0. The third-order valence-corrected chi connectivity index (χ3v) is 5.31. The molecule has 0 radical (unpaired) electrons. The van der Waals surface area contributed by atoms with Gasteiger partial charge in [-0.25, -0.2) is 0 Å². The molecule has 1 saturated heterocycles. The summed E-state index contributed by atoms with van der Waals surface area (Å²) in [5, 5.41) is 3.81. The van der Waals surface area contributed by atoms with Crippen molar-refractivity contribution in [2.75, 3.05) is 19.6 Å². The molecule has 108 valence electrons. The van der Waals surface area contributed by atoms with Crippen molar-refractivity contribution in [2.24, 2.45) is 11.8 Å². The zero-order valence-corrected chi connectivity index (χ0v) is 12.7. The molecule has 2 aliphatic carbocycles. The van der Waals surface area contributed by atoms with Crippen LogP contribution in [0.3, 0.4) is 0 Å². The zero-order valence-electron chi connectivity index (χ0n) is 12.7. The molecule has 0 aromatic heterocycles. The molecular formula is C17H30N2.